The van der Waals surface area contributed by atoms with Crippen LogP contribution in [-0.4, -0.2) is 48.1 Å². The molecule has 0 saturated carbocycles. The second kappa shape index (κ2) is 5.84. The fourth-order valence-electron chi connectivity index (χ4n) is 3.84. The molecule has 2 aliphatic heterocycles. The van der Waals surface area contributed by atoms with Gasteiger partial charge in [-0.15, -0.1) is 0 Å². The Bertz CT molecular complexity index is 449. The average molecular weight is 273 g/mol. The summed E-state index contributed by atoms with van der Waals surface area (Å²) < 4.78 is 0. The minimum Gasteiger partial charge on any atom is -0.329 e. The maximum atomic E-state index is 6.22. The molecule has 0 radical (unpaired) electrons. The quantitative estimate of drug-likeness (QED) is 0.912. The van der Waals surface area contributed by atoms with Gasteiger partial charge < -0.3 is 10.6 Å². The number of likely N-dealkylation sites (tertiary alicyclic amines) is 1. The van der Waals surface area contributed by atoms with Gasteiger partial charge in [-0.05, 0) is 50.0 Å². The molecule has 0 aromatic heterocycles. The van der Waals surface area contributed by atoms with Crippen molar-refractivity contribution in [2.24, 2.45) is 5.73 Å². The molecule has 0 spiro atoms. The summed E-state index contributed by atoms with van der Waals surface area (Å²) in [5.41, 5.74) is 9.48. The number of benzene rings is 1. The molecule has 2 N–H and O–H groups in total. The van der Waals surface area contributed by atoms with Crippen LogP contribution in [0.3, 0.4) is 0 Å². The molecular formula is C17H27N3. The monoisotopic (exact) mass is 273 g/mol. The average Bonchev–Trinajstić information content (AvgIpc) is 2.54. The highest BCUT2D eigenvalue weighted by Crippen LogP contribution is 2.32. The standard InChI is InChI=1S/C17H27N3/c1-2-19-11-8-17(14-18,9-12-19)20-10-7-15-5-3-4-6-16(15)13-20/h3-6H,2,7-14,18H2,1H3. The van der Waals surface area contributed by atoms with Crippen LogP contribution in [-0.2, 0) is 13.0 Å². The highest BCUT2D eigenvalue weighted by atomic mass is 15.2. The zero-order chi connectivity index (χ0) is 14.0. The molecule has 110 valence electrons. The molecule has 0 unspecified atom stereocenters. The van der Waals surface area contributed by atoms with Crippen molar-refractivity contribution in [2.75, 3.05) is 32.7 Å². The molecule has 0 amide bonds. The van der Waals surface area contributed by atoms with Crippen LogP contribution in [0.2, 0.25) is 0 Å². The number of piperidine rings is 1. The Labute approximate surface area is 122 Å². The van der Waals surface area contributed by atoms with Gasteiger partial charge in [0.1, 0.15) is 0 Å². The largest absolute Gasteiger partial charge is 0.329 e. The van der Waals surface area contributed by atoms with E-state index in [9.17, 15) is 0 Å². The highest BCUT2D eigenvalue weighted by molar-refractivity contribution is 5.29. The van der Waals surface area contributed by atoms with Gasteiger partial charge in [0.05, 0.1) is 0 Å². The molecule has 0 aliphatic carbocycles. The van der Waals surface area contributed by atoms with Gasteiger partial charge in [-0.25, -0.2) is 0 Å². The third kappa shape index (κ3) is 2.50. The van der Waals surface area contributed by atoms with E-state index in [2.05, 4.69) is 41.0 Å². The summed E-state index contributed by atoms with van der Waals surface area (Å²) in [6.07, 6.45) is 3.62. The van der Waals surface area contributed by atoms with Crippen molar-refractivity contribution in [1.82, 2.24) is 9.80 Å². The van der Waals surface area contributed by atoms with Gasteiger partial charge in [0, 0.05) is 25.2 Å². The molecular weight excluding hydrogens is 246 g/mol. The Morgan fingerprint density at radius 3 is 2.45 bits per heavy atom. The highest BCUT2D eigenvalue weighted by Gasteiger charge is 2.39. The first kappa shape index (κ1) is 14.1. The summed E-state index contributed by atoms with van der Waals surface area (Å²) in [4.78, 5) is 5.22. The first-order valence-corrected chi connectivity index (χ1v) is 8.02. The number of fused-ring (bicyclic) bond motifs is 1. The number of rotatable bonds is 3. The Kier molecular flexibility index (Phi) is 4.11. The van der Waals surface area contributed by atoms with Crippen molar-refractivity contribution in [2.45, 2.75) is 38.3 Å². The number of nitrogens with two attached hydrogens (primary N) is 1. The first-order chi connectivity index (χ1) is 9.77. The maximum absolute atomic E-state index is 6.22. The van der Waals surface area contributed by atoms with Gasteiger partial charge in [-0.2, -0.15) is 0 Å². The molecule has 0 bridgehead atoms. The van der Waals surface area contributed by atoms with Crippen LogP contribution in [0.15, 0.2) is 24.3 Å². The Balaban J connectivity index is 1.75. The van der Waals surface area contributed by atoms with Crippen LogP contribution < -0.4 is 5.73 Å². The van der Waals surface area contributed by atoms with Crippen LogP contribution in [0.25, 0.3) is 0 Å². The summed E-state index contributed by atoms with van der Waals surface area (Å²) in [5, 5.41) is 0. The molecule has 2 aliphatic rings. The van der Waals surface area contributed by atoms with Crippen LogP contribution in [0, 0.1) is 0 Å². The molecule has 3 rings (SSSR count). The van der Waals surface area contributed by atoms with Gasteiger partial charge >= 0.3 is 0 Å². The van der Waals surface area contributed by atoms with Gasteiger partial charge in [0.15, 0.2) is 0 Å². The summed E-state index contributed by atoms with van der Waals surface area (Å²) in [5.74, 6) is 0. The second-order valence-corrected chi connectivity index (χ2v) is 6.30. The van der Waals surface area contributed by atoms with E-state index >= 15 is 0 Å². The van der Waals surface area contributed by atoms with Gasteiger partial charge in [0.25, 0.3) is 0 Å². The van der Waals surface area contributed by atoms with E-state index in [0.29, 0.717) is 0 Å². The lowest BCUT2D eigenvalue weighted by molar-refractivity contribution is 0.0184. The lowest BCUT2D eigenvalue weighted by Gasteiger charge is -2.50. The molecule has 3 nitrogen and oxygen atoms in total. The van der Waals surface area contributed by atoms with Crippen molar-refractivity contribution in [1.29, 1.82) is 0 Å². The SMILES string of the molecule is CCN1CCC(CN)(N2CCc3ccccc3C2)CC1. The van der Waals surface area contributed by atoms with E-state index in [1.807, 2.05) is 0 Å². The van der Waals surface area contributed by atoms with Gasteiger partial charge in [-0.3, -0.25) is 4.90 Å². The molecule has 1 fully saturated rings. The molecule has 1 aromatic rings. The molecule has 0 atom stereocenters. The van der Waals surface area contributed by atoms with Gasteiger partial charge in [-0.1, -0.05) is 31.2 Å². The smallest absolute Gasteiger partial charge is 0.0359 e. The van der Waals surface area contributed by atoms with Crippen molar-refractivity contribution >= 4 is 0 Å². The molecule has 2 heterocycles. The fraction of sp³-hybridized carbons (Fsp3) is 0.647. The topological polar surface area (TPSA) is 32.5 Å². The van der Waals surface area contributed by atoms with Crippen LogP contribution >= 0.6 is 0 Å². The van der Waals surface area contributed by atoms with E-state index in [-0.39, 0.29) is 5.54 Å². The van der Waals surface area contributed by atoms with Crippen molar-refractivity contribution in [3.8, 4) is 0 Å². The minimum absolute atomic E-state index is 0.235. The zero-order valence-electron chi connectivity index (χ0n) is 12.6. The third-order valence-corrected chi connectivity index (χ3v) is 5.42. The lowest BCUT2D eigenvalue weighted by atomic mass is 9.83. The zero-order valence-corrected chi connectivity index (χ0v) is 12.6. The molecule has 20 heavy (non-hydrogen) atoms. The Morgan fingerprint density at radius 2 is 1.80 bits per heavy atom. The Morgan fingerprint density at radius 1 is 1.10 bits per heavy atom. The predicted molar refractivity (Wildman–Crippen MR) is 83.7 cm³/mol. The summed E-state index contributed by atoms with van der Waals surface area (Å²) in [7, 11) is 0. The van der Waals surface area contributed by atoms with E-state index in [1.165, 1.54) is 56.6 Å². The maximum Gasteiger partial charge on any atom is 0.0359 e. The number of nitrogens with zero attached hydrogens (tertiary/aromatic N) is 2. The van der Waals surface area contributed by atoms with Crippen LogP contribution in [0.1, 0.15) is 30.9 Å². The predicted octanol–water partition coefficient (Wildman–Crippen LogP) is 1.86. The molecule has 1 aromatic carbocycles. The fourth-order valence-corrected chi connectivity index (χ4v) is 3.84. The minimum atomic E-state index is 0.235. The van der Waals surface area contributed by atoms with E-state index in [4.69, 9.17) is 5.73 Å². The van der Waals surface area contributed by atoms with E-state index in [0.717, 1.165) is 13.1 Å². The summed E-state index contributed by atoms with van der Waals surface area (Å²) in [6, 6.07) is 8.89. The number of hydrogen-bond acceptors (Lipinski definition) is 3. The first-order valence-electron chi connectivity index (χ1n) is 8.02. The van der Waals surface area contributed by atoms with Crippen molar-refractivity contribution < 1.29 is 0 Å². The van der Waals surface area contributed by atoms with Crippen molar-refractivity contribution in [3.05, 3.63) is 35.4 Å². The Hall–Kier alpha value is -0.900. The van der Waals surface area contributed by atoms with Crippen molar-refractivity contribution in [3.63, 3.8) is 0 Å². The van der Waals surface area contributed by atoms with E-state index < -0.39 is 0 Å². The number of hydrogen-bond donors (Lipinski definition) is 1. The molecule has 3 heteroatoms. The van der Waals surface area contributed by atoms with Crippen LogP contribution in [0.5, 0.6) is 0 Å². The summed E-state index contributed by atoms with van der Waals surface area (Å²) >= 11 is 0. The molecule has 1 saturated heterocycles. The van der Waals surface area contributed by atoms with Gasteiger partial charge in [0.2, 0.25) is 0 Å². The summed E-state index contributed by atoms with van der Waals surface area (Å²) in [6.45, 7) is 8.88. The third-order valence-electron chi connectivity index (χ3n) is 5.42. The van der Waals surface area contributed by atoms with Crippen LogP contribution in [0.4, 0.5) is 0 Å². The normalized spacial score (nSPS) is 23.5. The lowest BCUT2D eigenvalue weighted by Crippen LogP contribution is -2.60. The second-order valence-electron chi connectivity index (χ2n) is 6.30. The van der Waals surface area contributed by atoms with E-state index in [1.54, 1.807) is 0 Å².